The molecule has 0 saturated carbocycles. The van der Waals surface area contributed by atoms with Crippen molar-refractivity contribution in [1.29, 1.82) is 5.26 Å². The molecule has 0 atom stereocenters. The first-order valence-electron chi connectivity index (χ1n) is 8.93. The van der Waals surface area contributed by atoms with Crippen molar-refractivity contribution in [2.45, 2.75) is 26.7 Å². The molecule has 0 aliphatic carbocycles. The SMILES string of the molecule is Cc1cc(N2CCN(c3cc(C#N)ccc3[N+](=O)[O-])CC2)nc(C(C)C)n1. The number of rotatable bonds is 4. The maximum Gasteiger partial charge on any atom is 0.292 e. The van der Waals surface area contributed by atoms with Crippen LogP contribution < -0.4 is 9.80 Å². The standard InChI is InChI=1S/C19H22N6O2/c1-13(2)19-21-14(3)10-18(22-19)24-8-6-23(7-9-24)17-11-15(12-20)4-5-16(17)25(26)27/h4-5,10-11,13H,6-9H2,1-3H3. The first-order chi connectivity index (χ1) is 12.9. The number of aryl methyl sites for hydroxylation is 1. The van der Waals surface area contributed by atoms with E-state index in [0.29, 0.717) is 37.4 Å². The van der Waals surface area contributed by atoms with Crippen molar-refractivity contribution >= 4 is 17.2 Å². The first kappa shape index (κ1) is 18.6. The van der Waals surface area contributed by atoms with E-state index >= 15 is 0 Å². The number of anilines is 2. The van der Waals surface area contributed by atoms with E-state index in [2.05, 4.69) is 34.8 Å². The van der Waals surface area contributed by atoms with Gasteiger partial charge in [-0.2, -0.15) is 5.26 Å². The van der Waals surface area contributed by atoms with Crippen molar-refractivity contribution in [1.82, 2.24) is 9.97 Å². The summed E-state index contributed by atoms with van der Waals surface area (Å²) in [6, 6.07) is 8.51. The van der Waals surface area contributed by atoms with Gasteiger partial charge in [-0.25, -0.2) is 9.97 Å². The van der Waals surface area contributed by atoms with Gasteiger partial charge in [-0.3, -0.25) is 10.1 Å². The van der Waals surface area contributed by atoms with Crippen molar-refractivity contribution in [3.63, 3.8) is 0 Å². The van der Waals surface area contributed by atoms with Crippen LogP contribution in [0.3, 0.4) is 0 Å². The zero-order valence-electron chi connectivity index (χ0n) is 15.7. The number of hydrogen-bond acceptors (Lipinski definition) is 7. The predicted octanol–water partition coefficient (Wildman–Crippen LogP) is 3.01. The number of nitro groups is 1. The Morgan fingerprint density at radius 2 is 1.81 bits per heavy atom. The van der Waals surface area contributed by atoms with Crippen LogP contribution in [0.15, 0.2) is 24.3 Å². The van der Waals surface area contributed by atoms with Crippen LogP contribution in [0.25, 0.3) is 0 Å². The number of nitriles is 1. The lowest BCUT2D eigenvalue weighted by Gasteiger charge is -2.36. The van der Waals surface area contributed by atoms with Gasteiger partial charge in [0.1, 0.15) is 17.3 Å². The molecule has 2 heterocycles. The summed E-state index contributed by atoms with van der Waals surface area (Å²) in [5.74, 6) is 1.97. The molecule has 1 aromatic carbocycles. The summed E-state index contributed by atoms with van der Waals surface area (Å²) in [5.41, 5.74) is 1.89. The van der Waals surface area contributed by atoms with Gasteiger partial charge in [0, 0.05) is 49.9 Å². The molecule has 8 heteroatoms. The molecule has 1 aliphatic rings. The second-order valence-corrected chi connectivity index (χ2v) is 6.93. The molecule has 1 fully saturated rings. The van der Waals surface area contributed by atoms with Crippen LogP contribution in [-0.2, 0) is 0 Å². The van der Waals surface area contributed by atoms with Crippen molar-refractivity contribution in [3.05, 3.63) is 51.5 Å². The van der Waals surface area contributed by atoms with Gasteiger partial charge in [0.2, 0.25) is 0 Å². The van der Waals surface area contributed by atoms with E-state index in [0.717, 1.165) is 17.3 Å². The highest BCUT2D eigenvalue weighted by Gasteiger charge is 2.25. The van der Waals surface area contributed by atoms with Gasteiger partial charge in [0.15, 0.2) is 0 Å². The first-order valence-corrected chi connectivity index (χ1v) is 8.93. The van der Waals surface area contributed by atoms with Crippen LogP contribution in [0, 0.1) is 28.4 Å². The largest absolute Gasteiger partial charge is 0.362 e. The molecule has 3 rings (SSSR count). The molecule has 1 aliphatic heterocycles. The number of piperazine rings is 1. The number of hydrogen-bond donors (Lipinski definition) is 0. The molecule has 0 spiro atoms. The lowest BCUT2D eigenvalue weighted by molar-refractivity contribution is -0.384. The van der Waals surface area contributed by atoms with Crippen LogP contribution >= 0.6 is 0 Å². The molecule has 0 N–H and O–H groups in total. The Hall–Kier alpha value is -3.21. The fourth-order valence-corrected chi connectivity index (χ4v) is 3.17. The zero-order chi connectivity index (χ0) is 19.6. The van der Waals surface area contributed by atoms with Crippen molar-refractivity contribution in [2.75, 3.05) is 36.0 Å². The zero-order valence-corrected chi connectivity index (χ0v) is 15.7. The van der Waals surface area contributed by atoms with E-state index < -0.39 is 4.92 Å². The second-order valence-electron chi connectivity index (χ2n) is 6.93. The number of nitrogens with zero attached hydrogens (tertiary/aromatic N) is 6. The lowest BCUT2D eigenvalue weighted by atomic mass is 10.1. The van der Waals surface area contributed by atoms with Crippen LogP contribution in [0.4, 0.5) is 17.2 Å². The van der Waals surface area contributed by atoms with Gasteiger partial charge in [0.25, 0.3) is 5.69 Å². The molecular formula is C19H22N6O2. The highest BCUT2D eigenvalue weighted by atomic mass is 16.6. The van der Waals surface area contributed by atoms with Crippen LogP contribution in [0.2, 0.25) is 0 Å². The smallest absolute Gasteiger partial charge is 0.292 e. The Morgan fingerprint density at radius 3 is 2.41 bits per heavy atom. The molecule has 0 amide bonds. The molecule has 0 radical (unpaired) electrons. The third-order valence-electron chi connectivity index (χ3n) is 4.62. The monoisotopic (exact) mass is 366 g/mol. The van der Waals surface area contributed by atoms with Crippen LogP contribution in [-0.4, -0.2) is 41.1 Å². The Kier molecular flexibility index (Phi) is 5.21. The van der Waals surface area contributed by atoms with E-state index in [4.69, 9.17) is 5.26 Å². The molecule has 0 unspecified atom stereocenters. The number of benzene rings is 1. The minimum Gasteiger partial charge on any atom is -0.362 e. The summed E-state index contributed by atoms with van der Waals surface area (Å²) >= 11 is 0. The predicted molar refractivity (Wildman–Crippen MR) is 103 cm³/mol. The Morgan fingerprint density at radius 1 is 1.15 bits per heavy atom. The van der Waals surface area contributed by atoms with E-state index in [-0.39, 0.29) is 11.6 Å². The van der Waals surface area contributed by atoms with E-state index in [9.17, 15) is 10.1 Å². The topological polar surface area (TPSA) is 99.2 Å². The van der Waals surface area contributed by atoms with Gasteiger partial charge in [-0.1, -0.05) is 13.8 Å². The number of aromatic nitrogens is 2. The van der Waals surface area contributed by atoms with Crippen molar-refractivity contribution in [3.8, 4) is 6.07 Å². The summed E-state index contributed by atoms with van der Waals surface area (Å²) in [5, 5.41) is 20.5. The summed E-state index contributed by atoms with van der Waals surface area (Å²) in [7, 11) is 0. The van der Waals surface area contributed by atoms with Crippen molar-refractivity contribution in [2.24, 2.45) is 0 Å². The normalized spacial score (nSPS) is 14.3. The van der Waals surface area contributed by atoms with Crippen molar-refractivity contribution < 1.29 is 4.92 Å². The summed E-state index contributed by atoms with van der Waals surface area (Å²) < 4.78 is 0. The van der Waals surface area contributed by atoms with Crippen LogP contribution in [0.1, 0.15) is 36.8 Å². The highest BCUT2D eigenvalue weighted by molar-refractivity contribution is 5.66. The number of nitro benzene ring substituents is 1. The van der Waals surface area contributed by atoms with Gasteiger partial charge in [-0.15, -0.1) is 0 Å². The highest BCUT2D eigenvalue weighted by Crippen LogP contribution is 2.30. The van der Waals surface area contributed by atoms with Gasteiger partial charge in [-0.05, 0) is 19.1 Å². The van der Waals surface area contributed by atoms with E-state index in [1.165, 1.54) is 12.1 Å². The molecule has 140 valence electrons. The maximum atomic E-state index is 11.4. The minimum atomic E-state index is -0.397. The van der Waals surface area contributed by atoms with E-state index in [1.807, 2.05) is 17.9 Å². The lowest BCUT2D eigenvalue weighted by Crippen LogP contribution is -2.47. The minimum absolute atomic E-state index is 0.0300. The Bertz CT molecular complexity index is 898. The summed E-state index contributed by atoms with van der Waals surface area (Å²) in [6.45, 7) is 8.73. The van der Waals surface area contributed by atoms with Gasteiger partial charge < -0.3 is 9.80 Å². The molecule has 1 aromatic heterocycles. The second kappa shape index (κ2) is 7.58. The summed E-state index contributed by atoms with van der Waals surface area (Å²) in [6.07, 6.45) is 0. The Labute approximate surface area is 158 Å². The van der Waals surface area contributed by atoms with Gasteiger partial charge in [0.05, 0.1) is 16.6 Å². The van der Waals surface area contributed by atoms with E-state index in [1.54, 1.807) is 6.07 Å². The third kappa shape index (κ3) is 3.97. The maximum absolute atomic E-state index is 11.4. The Balaban J connectivity index is 1.80. The molecule has 2 aromatic rings. The third-order valence-corrected chi connectivity index (χ3v) is 4.62. The molecule has 1 saturated heterocycles. The van der Waals surface area contributed by atoms with Crippen LogP contribution in [0.5, 0.6) is 0 Å². The van der Waals surface area contributed by atoms with Gasteiger partial charge >= 0.3 is 0 Å². The fraction of sp³-hybridized carbons (Fsp3) is 0.421. The molecule has 0 bridgehead atoms. The molecular weight excluding hydrogens is 344 g/mol. The fourth-order valence-electron chi connectivity index (χ4n) is 3.17. The summed E-state index contributed by atoms with van der Waals surface area (Å²) in [4.78, 5) is 24.3. The molecule has 27 heavy (non-hydrogen) atoms. The quantitative estimate of drug-likeness (QED) is 0.606. The molecule has 8 nitrogen and oxygen atoms in total. The average molecular weight is 366 g/mol. The average Bonchev–Trinajstić information content (AvgIpc) is 2.67.